The van der Waals surface area contributed by atoms with Gasteiger partial charge in [0, 0.05) is 11.9 Å². The minimum absolute atomic E-state index is 0.0221. The molecule has 21 heavy (non-hydrogen) atoms. The number of carbonyl (C=O) groups excluding carboxylic acids is 1. The van der Waals surface area contributed by atoms with Crippen LogP contribution in [-0.4, -0.2) is 20.9 Å². The predicted octanol–water partition coefficient (Wildman–Crippen LogP) is 2.34. The molecule has 0 radical (unpaired) electrons. The van der Waals surface area contributed by atoms with E-state index in [2.05, 4.69) is 12.2 Å². The van der Waals surface area contributed by atoms with Crippen LogP contribution in [0.25, 0.3) is 0 Å². The van der Waals surface area contributed by atoms with Crippen molar-refractivity contribution in [3.63, 3.8) is 0 Å². The second kappa shape index (κ2) is 6.89. The maximum Gasteiger partial charge on any atom is 0.252 e. The van der Waals surface area contributed by atoms with E-state index in [0.29, 0.717) is 18.0 Å². The summed E-state index contributed by atoms with van der Waals surface area (Å²) in [6.45, 7) is 2.93. The molecule has 0 aromatic carbocycles. The second-order valence-electron chi connectivity index (χ2n) is 5.87. The summed E-state index contributed by atoms with van der Waals surface area (Å²) in [5.74, 6) is 1.30. The van der Waals surface area contributed by atoms with Gasteiger partial charge in [0.15, 0.2) is 0 Å². The lowest BCUT2D eigenvalue weighted by Crippen LogP contribution is -2.26. The van der Waals surface area contributed by atoms with Gasteiger partial charge in [-0.15, -0.1) is 11.3 Å². The average molecular weight is 330 g/mol. The van der Waals surface area contributed by atoms with Crippen molar-refractivity contribution in [3.05, 3.63) is 17.0 Å². The van der Waals surface area contributed by atoms with Crippen molar-refractivity contribution >= 4 is 27.3 Å². The molecule has 0 bridgehead atoms. The Balaban J connectivity index is 1.78. The molecular formula is C14H22N2O3S2. The molecule has 7 heteroatoms. The summed E-state index contributed by atoms with van der Waals surface area (Å²) < 4.78 is 22.4. The summed E-state index contributed by atoms with van der Waals surface area (Å²) in [5, 5.41) is 9.41. The summed E-state index contributed by atoms with van der Waals surface area (Å²) in [4.78, 5) is 11.9. The number of hydrogen-bond donors (Lipinski definition) is 2. The Hall–Kier alpha value is -0.920. The van der Waals surface area contributed by atoms with Gasteiger partial charge in [-0.05, 0) is 24.3 Å². The number of nitrogens with one attached hydrogen (secondary N) is 1. The van der Waals surface area contributed by atoms with Crippen molar-refractivity contribution in [1.29, 1.82) is 0 Å². The number of hydrogen-bond acceptors (Lipinski definition) is 4. The van der Waals surface area contributed by atoms with Crippen LogP contribution in [0.1, 0.15) is 49.4 Å². The highest BCUT2D eigenvalue weighted by molar-refractivity contribution is 7.91. The van der Waals surface area contributed by atoms with E-state index >= 15 is 0 Å². The summed E-state index contributed by atoms with van der Waals surface area (Å²) >= 11 is 0.973. The van der Waals surface area contributed by atoms with Crippen LogP contribution in [0.15, 0.2) is 15.7 Å². The third kappa shape index (κ3) is 4.79. The van der Waals surface area contributed by atoms with Gasteiger partial charge in [0.05, 0.1) is 5.56 Å². The topological polar surface area (TPSA) is 89.3 Å². The van der Waals surface area contributed by atoms with E-state index in [9.17, 15) is 13.2 Å². The summed E-state index contributed by atoms with van der Waals surface area (Å²) in [7, 11) is -3.72. The van der Waals surface area contributed by atoms with Gasteiger partial charge in [0.2, 0.25) is 10.0 Å². The van der Waals surface area contributed by atoms with Gasteiger partial charge < -0.3 is 5.32 Å². The highest BCUT2D eigenvalue weighted by Gasteiger charge is 2.19. The molecule has 1 saturated carbocycles. The van der Waals surface area contributed by atoms with Crippen LogP contribution in [0.3, 0.4) is 0 Å². The quantitative estimate of drug-likeness (QED) is 0.868. The van der Waals surface area contributed by atoms with Crippen molar-refractivity contribution in [2.75, 3.05) is 6.54 Å². The molecule has 5 nitrogen and oxygen atoms in total. The summed E-state index contributed by atoms with van der Waals surface area (Å²) in [6.07, 6.45) is 6.03. The van der Waals surface area contributed by atoms with Gasteiger partial charge in [-0.25, -0.2) is 13.6 Å². The molecule has 118 valence electrons. The number of thiophene rings is 1. The molecule has 1 amide bonds. The Morgan fingerprint density at radius 3 is 2.62 bits per heavy atom. The molecule has 1 aromatic heterocycles. The van der Waals surface area contributed by atoms with E-state index in [-0.39, 0.29) is 10.1 Å². The van der Waals surface area contributed by atoms with Crippen molar-refractivity contribution in [2.45, 2.75) is 43.2 Å². The number of primary sulfonamides is 1. The highest BCUT2D eigenvalue weighted by Crippen LogP contribution is 2.30. The van der Waals surface area contributed by atoms with E-state index in [0.717, 1.165) is 23.7 Å². The maximum atomic E-state index is 11.9. The molecule has 0 saturated heterocycles. The number of amides is 1. The Bertz CT molecular complexity index is 587. The van der Waals surface area contributed by atoms with Crippen molar-refractivity contribution in [1.82, 2.24) is 5.32 Å². The van der Waals surface area contributed by atoms with E-state index in [1.165, 1.54) is 37.1 Å². The molecular weight excluding hydrogens is 308 g/mol. The predicted molar refractivity (Wildman–Crippen MR) is 83.8 cm³/mol. The molecule has 0 atom stereocenters. The maximum absolute atomic E-state index is 11.9. The standard InChI is InChI=1S/C14H22N2O3S2/c1-10-2-4-11(5-3-10)6-7-16-14(17)12-8-13(20-9-12)21(15,18)19/h8-11H,2-7H2,1H3,(H,16,17)(H2,15,18,19). The first-order chi connectivity index (χ1) is 9.86. The van der Waals surface area contributed by atoms with Gasteiger partial charge in [0.1, 0.15) is 4.21 Å². The molecule has 1 aliphatic carbocycles. The van der Waals surface area contributed by atoms with E-state index < -0.39 is 10.0 Å². The van der Waals surface area contributed by atoms with Gasteiger partial charge in [-0.3, -0.25) is 4.79 Å². The zero-order chi connectivity index (χ0) is 15.5. The average Bonchev–Trinajstić information content (AvgIpc) is 2.90. The molecule has 1 aromatic rings. The lowest BCUT2D eigenvalue weighted by molar-refractivity contribution is 0.0950. The van der Waals surface area contributed by atoms with E-state index in [1.54, 1.807) is 0 Å². The molecule has 1 heterocycles. The normalized spacial score (nSPS) is 23.0. The van der Waals surface area contributed by atoms with Gasteiger partial charge in [-0.2, -0.15) is 0 Å². The molecule has 1 aliphatic rings. The first kappa shape index (κ1) is 16.5. The van der Waals surface area contributed by atoms with Crippen LogP contribution < -0.4 is 10.5 Å². The van der Waals surface area contributed by atoms with Gasteiger partial charge >= 0.3 is 0 Å². The van der Waals surface area contributed by atoms with Crippen molar-refractivity contribution in [3.8, 4) is 0 Å². The first-order valence-electron chi connectivity index (χ1n) is 7.26. The largest absolute Gasteiger partial charge is 0.352 e. The van der Waals surface area contributed by atoms with Crippen molar-refractivity contribution < 1.29 is 13.2 Å². The first-order valence-corrected chi connectivity index (χ1v) is 9.68. The number of sulfonamides is 1. The Labute approximate surface area is 130 Å². The third-order valence-corrected chi connectivity index (χ3v) is 6.48. The minimum Gasteiger partial charge on any atom is -0.352 e. The molecule has 0 aliphatic heterocycles. The SMILES string of the molecule is CC1CCC(CCNC(=O)c2csc(S(N)(=O)=O)c2)CC1. The van der Waals surface area contributed by atoms with Crippen LogP contribution in [0.5, 0.6) is 0 Å². The molecule has 1 fully saturated rings. The van der Waals surface area contributed by atoms with E-state index in [4.69, 9.17) is 5.14 Å². The van der Waals surface area contributed by atoms with Crippen LogP contribution in [0, 0.1) is 11.8 Å². The fraction of sp³-hybridized carbons (Fsp3) is 0.643. The zero-order valence-corrected chi connectivity index (χ0v) is 13.8. The number of carbonyl (C=O) groups is 1. The fourth-order valence-electron chi connectivity index (χ4n) is 2.69. The van der Waals surface area contributed by atoms with Crippen LogP contribution >= 0.6 is 11.3 Å². The van der Waals surface area contributed by atoms with Crippen LogP contribution in [-0.2, 0) is 10.0 Å². The lowest BCUT2D eigenvalue weighted by atomic mass is 9.81. The molecule has 2 rings (SSSR count). The number of rotatable bonds is 5. The Kier molecular flexibility index (Phi) is 5.40. The Morgan fingerprint density at radius 2 is 2.05 bits per heavy atom. The van der Waals surface area contributed by atoms with Gasteiger partial charge in [0.25, 0.3) is 5.91 Å². The van der Waals surface area contributed by atoms with Crippen LogP contribution in [0.2, 0.25) is 0 Å². The fourth-order valence-corrected chi connectivity index (χ4v) is 4.28. The molecule has 3 N–H and O–H groups in total. The van der Waals surface area contributed by atoms with Crippen LogP contribution in [0.4, 0.5) is 0 Å². The van der Waals surface area contributed by atoms with Crippen molar-refractivity contribution in [2.24, 2.45) is 17.0 Å². The monoisotopic (exact) mass is 330 g/mol. The van der Waals surface area contributed by atoms with E-state index in [1.807, 2.05) is 0 Å². The smallest absolute Gasteiger partial charge is 0.252 e. The molecule has 0 unspecified atom stereocenters. The zero-order valence-electron chi connectivity index (χ0n) is 12.2. The Morgan fingerprint density at radius 1 is 1.38 bits per heavy atom. The van der Waals surface area contributed by atoms with Gasteiger partial charge in [-0.1, -0.05) is 32.6 Å². The minimum atomic E-state index is -3.72. The number of nitrogens with two attached hydrogens (primary N) is 1. The second-order valence-corrected chi connectivity index (χ2v) is 8.57. The lowest BCUT2D eigenvalue weighted by Gasteiger charge is -2.26. The molecule has 0 spiro atoms. The summed E-state index contributed by atoms with van der Waals surface area (Å²) in [5.41, 5.74) is 0.362. The summed E-state index contributed by atoms with van der Waals surface area (Å²) in [6, 6.07) is 1.33. The highest BCUT2D eigenvalue weighted by atomic mass is 32.2. The third-order valence-electron chi connectivity index (χ3n) is 4.09.